The van der Waals surface area contributed by atoms with Crippen LogP contribution in [0.2, 0.25) is 0 Å². The monoisotopic (exact) mass is 236 g/mol. The highest BCUT2D eigenvalue weighted by Crippen LogP contribution is 2.21. The van der Waals surface area contributed by atoms with Crippen molar-refractivity contribution in [3.63, 3.8) is 0 Å². The van der Waals surface area contributed by atoms with E-state index in [0.717, 1.165) is 16.5 Å². The maximum absolute atomic E-state index is 12.4. The number of hydrogen-bond acceptors (Lipinski definition) is 2. The third-order valence-electron chi connectivity index (χ3n) is 2.83. The number of carboxylic acid groups (broad SMARTS) is 1. The lowest BCUT2D eigenvalue weighted by atomic mass is 10.1. The fraction of sp³-hybridized carbons (Fsp3) is 0.250. The van der Waals surface area contributed by atoms with Gasteiger partial charge in [0.1, 0.15) is 6.04 Å². The maximum Gasteiger partial charge on any atom is 0.323 e. The van der Waals surface area contributed by atoms with Gasteiger partial charge in [-0.2, -0.15) is 0 Å². The summed E-state index contributed by atoms with van der Waals surface area (Å²) >= 11 is 0. The zero-order chi connectivity index (χ0) is 12.4. The SMILES string of the molecule is Cn1cc(CC(NF)C(=O)O)c2ccccc21. The highest BCUT2D eigenvalue weighted by molar-refractivity contribution is 5.85. The van der Waals surface area contributed by atoms with Gasteiger partial charge in [-0.25, -0.2) is 0 Å². The molecule has 0 saturated heterocycles. The van der Waals surface area contributed by atoms with Gasteiger partial charge >= 0.3 is 5.97 Å². The van der Waals surface area contributed by atoms with E-state index in [0.29, 0.717) is 0 Å². The van der Waals surface area contributed by atoms with E-state index >= 15 is 0 Å². The average Bonchev–Trinajstić information content (AvgIpc) is 2.63. The van der Waals surface area contributed by atoms with Gasteiger partial charge in [-0.1, -0.05) is 18.2 Å². The summed E-state index contributed by atoms with van der Waals surface area (Å²) in [5, 5.41) is 9.76. The van der Waals surface area contributed by atoms with Gasteiger partial charge in [-0.3, -0.25) is 4.79 Å². The number of benzene rings is 1. The number of nitrogens with one attached hydrogen (secondary N) is 1. The highest BCUT2D eigenvalue weighted by Gasteiger charge is 2.19. The average molecular weight is 236 g/mol. The minimum absolute atomic E-state index is 0.118. The number of carbonyl (C=O) groups is 1. The predicted octanol–water partition coefficient (Wildman–Crippen LogP) is 1.65. The fourth-order valence-electron chi connectivity index (χ4n) is 1.98. The second-order valence-electron chi connectivity index (χ2n) is 3.99. The van der Waals surface area contributed by atoms with E-state index in [-0.39, 0.29) is 6.42 Å². The number of aliphatic carboxylic acids is 1. The molecule has 0 amide bonds. The number of carboxylic acids is 1. The largest absolute Gasteiger partial charge is 0.480 e. The van der Waals surface area contributed by atoms with Gasteiger partial charge in [-0.15, -0.1) is 10.0 Å². The van der Waals surface area contributed by atoms with Gasteiger partial charge in [0.05, 0.1) is 0 Å². The second kappa shape index (κ2) is 4.55. The lowest BCUT2D eigenvalue weighted by Crippen LogP contribution is -2.33. The molecule has 0 saturated carbocycles. The van der Waals surface area contributed by atoms with Crippen LogP contribution in [0.5, 0.6) is 0 Å². The van der Waals surface area contributed by atoms with Crippen molar-refractivity contribution < 1.29 is 14.4 Å². The first kappa shape index (κ1) is 11.6. The summed E-state index contributed by atoms with van der Waals surface area (Å²) < 4.78 is 14.3. The highest BCUT2D eigenvalue weighted by atomic mass is 19.2. The van der Waals surface area contributed by atoms with Crippen molar-refractivity contribution in [3.05, 3.63) is 36.0 Å². The Bertz CT molecular complexity index is 550. The number of nitrogens with zero attached hydrogens (tertiary/aromatic N) is 1. The van der Waals surface area contributed by atoms with Crippen molar-refractivity contribution in [2.45, 2.75) is 12.5 Å². The molecule has 0 fully saturated rings. The summed E-state index contributed by atoms with van der Waals surface area (Å²) in [6.45, 7) is 0. The molecule has 1 unspecified atom stereocenters. The molecule has 90 valence electrons. The zero-order valence-corrected chi connectivity index (χ0v) is 9.35. The number of hydrogen-bond donors (Lipinski definition) is 2. The van der Waals surface area contributed by atoms with Gasteiger partial charge in [0.25, 0.3) is 0 Å². The molecule has 0 aliphatic rings. The molecule has 1 heterocycles. The molecule has 0 bridgehead atoms. The molecule has 5 heteroatoms. The Kier molecular flexibility index (Phi) is 3.10. The van der Waals surface area contributed by atoms with Gasteiger partial charge < -0.3 is 9.67 Å². The Balaban J connectivity index is 2.39. The first-order valence-corrected chi connectivity index (χ1v) is 5.25. The van der Waals surface area contributed by atoms with Crippen LogP contribution < -0.4 is 5.54 Å². The molecular formula is C12H13FN2O2. The van der Waals surface area contributed by atoms with Crippen LogP contribution in [0.4, 0.5) is 4.48 Å². The topological polar surface area (TPSA) is 54.3 Å². The van der Waals surface area contributed by atoms with Crippen LogP contribution in [-0.4, -0.2) is 21.7 Å². The molecule has 1 atom stereocenters. The molecule has 0 radical (unpaired) electrons. The fourth-order valence-corrected chi connectivity index (χ4v) is 1.98. The number of aryl methyl sites for hydroxylation is 1. The standard InChI is InChI=1S/C12H13FN2O2/c1-15-7-8(6-10(14-13)12(16)17)9-4-2-3-5-11(9)15/h2-5,7,10,14H,6H2,1H3,(H,16,17). The lowest BCUT2D eigenvalue weighted by Gasteiger charge is -2.07. The number of fused-ring (bicyclic) bond motifs is 1. The van der Waals surface area contributed by atoms with Crippen molar-refractivity contribution in [3.8, 4) is 0 Å². The first-order valence-electron chi connectivity index (χ1n) is 5.25. The van der Waals surface area contributed by atoms with Crippen molar-refractivity contribution in [2.75, 3.05) is 0 Å². The summed E-state index contributed by atoms with van der Waals surface area (Å²) in [7, 11) is 1.88. The summed E-state index contributed by atoms with van der Waals surface area (Å²) in [4.78, 5) is 10.8. The Morgan fingerprint density at radius 1 is 1.53 bits per heavy atom. The predicted molar refractivity (Wildman–Crippen MR) is 62.3 cm³/mol. The number of aromatic nitrogens is 1. The lowest BCUT2D eigenvalue weighted by molar-refractivity contribution is -0.140. The van der Waals surface area contributed by atoms with Crippen molar-refractivity contribution in [2.24, 2.45) is 7.05 Å². The maximum atomic E-state index is 12.4. The van der Waals surface area contributed by atoms with Crippen LogP contribution in [-0.2, 0) is 18.3 Å². The molecule has 17 heavy (non-hydrogen) atoms. The van der Waals surface area contributed by atoms with E-state index in [1.165, 1.54) is 5.54 Å². The summed E-state index contributed by atoms with van der Waals surface area (Å²) in [6.07, 6.45) is 1.95. The number of halogens is 1. The van der Waals surface area contributed by atoms with Crippen LogP contribution in [0.3, 0.4) is 0 Å². The Morgan fingerprint density at radius 2 is 2.24 bits per heavy atom. The van der Waals surface area contributed by atoms with Crippen molar-refractivity contribution in [1.82, 2.24) is 10.1 Å². The molecule has 0 spiro atoms. The molecule has 1 aromatic heterocycles. The van der Waals surface area contributed by atoms with E-state index in [1.54, 1.807) is 0 Å². The summed E-state index contributed by atoms with van der Waals surface area (Å²) in [6, 6.07) is 6.43. The van der Waals surface area contributed by atoms with E-state index in [9.17, 15) is 9.28 Å². The molecule has 2 N–H and O–H groups in total. The molecule has 1 aromatic carbocycles. The van der Waals surface area contributed by atoms with Crippen molar-refractivity contribution >= 4 is 16.9 Å². The third kappa shape index (κ3) is 2.14. The Labute approximate surface area is 97.6 Å². The van der Waals surface area contributed by atoms with E-state index in [1.807, 2.05) is 42.1 Å². The molecule has 0 aliphatic heterocycles. The number of para-hydroxylation sites is 1. The summed E-state index contributed by atoms with van der Waals surface area (Å²) in [5.74, 6) is -1.19. The minimum Gasteiger partial charge on any atom is -0.480 e. The van der Waals surface area contributed by atoms with Gasteiger partial charge in [-0.05, 0) is 11.6 Å². The minimum atomic E-state index is -1.21. The van der Waals surface area contributed by atoms with Gasteiger partial charge in [0.2, 0.25) is 0 Å². The Hall–Kier alpha value is -1.88. The molecule has 4 nitrogen and oxygen atoms in total. The summed E-state index contributed by atoms with van der Waals surface area (Å²) in [5.41, 5.74) is 3.14. The number of rotatable bonds is 4. The van der Waals surface area contributed by atoms with Gasteiger partial charge in [0.15, 0.2) is 0 Å². The Morgan fingerprint density at radius 3 is 2.88 bits per heavy atom. The van der Waals surface area contributed by atoms with E-state index in [2.05, 4.69) is 0 Å². The first-order chi connectivity index (χ1) is 8.13. The van der Waals surface area contributed by atoms with Crippen LogP contribution >= 0.6 is 0 Å². The smallest absolute Gasteiger partial charge is 0.323 e. The van der Waals surface area contributed by atoms with Crippen LogP contribution in [0.25, 0.3) is 10.9 Å². The zero-order valence-electron chi connectivity index (χ0n) is 9.35. The molecule has 2 rings (SSSR count). The third-order valence-corrected chi connectivity index (χ3v) is 2.83. The van der Waals surface area contributed by atoms with Crippen molar-refractivity contribution in [1.29, 1.82) is 0 Å². The quantitative estimate of drug-likeness (QED) is 0.793. The normalized spacial score (nSPS) is 12.8. The second-order valence-corrected chi connectivity index (χ2v) is 3.99. The molecule has 0 aliphatic carbocycles. The molecular weight excluding hydrogens is 223 g/mol. The van der Waals surface area contributed by atoms with Crippen LogP contribution in [0, 0.1) is 0 Å². The van der Waals surface area contributed by atoms with Crippen LogP contribution in [0.15, 0.2) is 30.5 Å². The van der Waals surface area contributed by atoms with E-state index in [4.69, 9.17) is 5.11 Å². The van der Waals surface area contributed by atoms with Gasteiger partial charge in [0, 0.05) is 30.6 Å². The van der Waals surface area contributed by atoms with E-state index < -0.39 is 12.0 Å². The molecule has 2 aromatic rings. The van der Waals surface area contributed by atoms with Crippen LogP contribution in [0.1, 0.15) is 5.56 Å².